The second-order valence-electron chi connectivity index (χ2n) is 6.62. The van der Waals surface area contributed by atoms with Crippen LogP contribution in [0.2, 0.25) is 0 Å². The molecule has 2 atom stereocenters. The highest BCUT2D eigenvalue weighted by atomic mass is 16.5. The lowest BCUT2D eigenvalue weighted by atomic mass is 9.79. The van der Waals surface area contributed by atoms with Gasteiger partial charge in [0.25, 0.3) is 0 Å². The molecule has 0 saturated carbocycles. The van der Waals surface area contributed by atoms with Crippen molar-refractivity contribution in [1.82, 2.24) is 5.32 Å². The average molecular weight is 337 g/mol. The Balaban J connectivity index is 3.36. The monoisotopic (exact) mass is 337 g/mol. The second-order valence-corrected chi connectivity index (χ2v) is 6.62. The molecule has 0 aliphatic carbocycles. The van der Waals surface area contributed by atoms with E-state index in [4.69, 9.17) is 9.47 Å². The number of carbonyl (C=O) groups is 2. The highest BCUT2D eigenvalue weighted by Crippen LogP contribution is 2.39. The fourth-order valence-electron chi connectivity index (χ4n) is 2.64. The smallest absolute Gasteiger partial charge is 0.323 e. The number of para-hydroxylation sites is 1. The van der Waals surface area contributed by atoms with Gasteiger partial charge in [-0.05, 0) is 25.8 Å². The van der Waals surface area contributed by atoms with E-state index in [0.717, 1.165) is 0 Å². The van der Waals surface area contributed by atoms with E-state index in [1.807, 2.05) is 13.8 Å². The van der Waals surface area contributed by atoms with Gasteiger partial charge in [0.05, 0.1) is 25.7 Å². The molecule has 0 bridgehead atoms. The molecule has 0 saturated heterocycles. The van der Waals surface area contributed by atoms with Crippen LogP contribution >= 0.6 is 0 Å². The van der Waals surface area contributed by atoms with E-state index in [0.29, 0.717) is 5.56 Å². The Morgan fingerprint density at radius 3 is 2.17 bits per heavy atom. The van der Waals surface area contributed by atoms with Gasteiger partial charge in [0.1, 0.15) is 11.8 Å². The molecule has 1 aromatic rings. The van der Waals surface area contributed by atoms with Crippen LogP contribution in [0.3, 0.4) is 0 Å². The van der Waals surface area contributed by atoms with Crippen molar-refractivity contribution in [2.24, 2.45) is 11.3 Å². The minimum absolute atomic E-state index is 0.0411. The van der Waals surface area contributed by atoms with Gasteiger partial charge in [-0.3, -0.25) is 14.9 Å². The Morgan fingerprint density at radius 2 is 1.71 bits per heavy atom. The molecule has 24 heavy (non-hydrogen) atoms. The maximum absolute atomic E-state index is 12.3. The molecule has 0 heterocycles. The van der Waals surface area contributed by atoms with E-state index in [-0.39, 0.29) is 11.7 Å². The maximum Gasteiger partial charge on any atom is 0.323 e. The van der Waals surface area contributed by atoms with Crippen molar-refractivity contribution in [3.05, 3.63) is 29.8 Å². The molecule has 1 rings (SSSR count). The molecule has 0 amide bonds. The van der Waals surface area contributed by atoms with Crippen LogP contribution in [0.25, 0.3) is 0 Å². The fourth-order valence-corrected chi connectivity index (χ4v) is 2.64. The Morgan fingerprint density at radius 1 is 1.12 bits per heavy atom. The number of hydrogen-bond acceptors (Lipinski definition) is 6. The maximum atomic E-state index is 12.3. The molecule has 0 spiro atoms. The molecule has 6 nitrogen and oxygen atoms in total. The zero-order valence-corrected chi connectivity index (χ0v) is 15.1. The van der Waals surface area contributed by atoms with Crippen molar-refractivity contribution in [1.29, 1.82) is 0 Å². The first-order chi connectivity index (χ1) is 11.2. The van der Waals surface area contributed by atoms with Gasteiger partial charge in [-0.15, -0.1) is 0 Å². The van der Waals surface area contributed by atoms with E-state index in [1.54, 1.807) is 38.1 Å². The summed E-state index contributed by atoms with van der Waals surface area (Å²) in [5.41, 5.74) is -0.503. The van der Waals surface area contributed by atoms with Crippen molar-refractivity contribution in [2.45, 2.75) is 39.8 Å². The van der Waals surface area contributed by atoms with Crippen molar-refractivity contribution < 1.29 is 24.2 Å². The number of carbonyl (C=O) groups excluding carboxylic acids is 2. The number of phenolic OH excluding ortho intramolecular Hbond substituents is 1. The molecule has 2 N–H and O–H groups in total. The Kier molecular flexibility index (Phi) is 6.78. The van der Waals surface area contributed by atoms with E-state index in [2.05, 4.69) is 5.32 Å². The lowest BCUT2D eigenvalue weighted by molar-refractivity contribution is -0.154. The summed E-state index contributed by atoms with van der Waals surface area (Å²) in [6, 6.07) is 5.44. The zero-order valence-electron chi connectivity index (χ0n) is 15.1. The fraction of sp³-hybridized carbons (Fsp3) is 0.556. The third kappa shape index (κ3) is 4.26. The van der Waals surface area contributed by atoms with Crippen LogP contribution in [0.1, 0.15) is 39.3 Å². The van der Waals surface area contributed by atoms with Crippen LogP contribution < -0.4 is 5.32 Å². The predicted octanol–water partition coefficient (Wildman–Crippen LogP) is 2.42. The largest absolute Gasteiger partial charge is 0.508 e. The van der Waals surface area contributed by atoms with E-state index in [1.165, 1.54) is 14.2 Å². The number of rotatable bonds is 7. The average Bonchev–Trinajstić information content (AvgIpc) is 2.54. The summed E-state index contributed by atoms with van der Waals surface area (Å²) in [6.07, 6.45) is 0. The lowest BCUT2D eigenvalue weighted by Crippen LogP contribution is -2.50. The summed E-state index contributed by atoms with van der Waals surface area (Å²) in [5.74, 6) is -0.902. The summed E-state index contributed by atoms with van der Waals surface area (Å²) in [4.78, 5) is 24.4. The lowest BCUT2D eigenvalue weighted by Gasteiger charge is -2.36. The number of phenols is 1. The van der Waals surface area contributed by atoms with Gasteiger partial charge < -0.3 is 14.6 Å². The first-order valence-electron chi connectivity index (χ1n) is 7.87. The minimum Gasteiger partial charge on any atom is -0.508 e. The standard InChI is InChI=1S/C18H27NO5/c1-11(2)14(16(21)23-5)19-15(18(3,4)17(22)24-6)12-9-7-8-10-13(12)20/h7-11,14-15,19-20H,1-6H3/t14-,15+/m0/s1. The Hall–Kier alpha value is -2.08. The first kappa shape index (κ1) is 20.0. The van der Waals surface area contributed by atoms with Crippen LogP contribution in [0.5, 0.6) is 5.75 Å². The number of nitrogens with one attached hydrogen (secondary N) is 1. The van der Waals surface area contributed by atoms with Crippen LogP contribution in [0.15, 0.2) is 24.3 Å². The molecule has 134 valence electrons. The van der Waals surface area contributed by atoms with E-state index in [9.17, 15) is 14.7 Å². The number of esters is 2. The number of aromatic hydroxyl groups is 1. The second kappa shape index (κ2) is 8.15. The topological polar surface area (TPSA) is 84.9 Å². The zero-order chi connectivity index (χ0) is 18.5. The van der Waals surface area contributed by atoms with Crippen LogP contribution in [-0.2, 0) is 19.1 Å². The molecule has 0 fully saturated rings. The van der Waals surface area contributed by atoms with Crippen LogP contribution in [0, 0.1) is 11.3 Å². The van der Waals surface area contributed by atoms with Crippen molar-refractivity contribution in [3.8, 4) is 5.75 Å². The summed E-state index contributed by atoms with van der Waals surface area (Å²) in [6.45, 7) is 7.17. The highest BCUT2D eigenvalue weighted by molar-refractivity contribution is 5.79. The van der Waals surface area contributed by atoms with Crippen LogP contribution in [-0.4, -0.2) is 37.3 Å². The van der Waals surface area contributed by atoms with Gasteiger partial charge >= 0.3 is 11.9 Å². The van der Waals surface area contributed by atoms with Gasteiger partial charge in [-0.1, -0.05) is 32.0 Å². The Labute approximate surface area is 143 Å². The molecule has 6 heteroatoms. The molecule has 1 aromatic carbocycles. The molecule has 0 aliphatic heterocycles. The van der Waals surface area contributed by atoms with Gasteiger partial charge in [0, 0.05) is 5.56 Å². The van der Waals surface area contributed by atoms with Crippen molar-refractivity contribution in [3.63, 3.8) is 0 Å². The SMILES string of the molecule is COC(=O)[C@@H](N[C@H](c1ccccc1O)C(C)(C)C(=O)OC)C(C)C. The molecule has 0 aliphatic rings. The first-order valence-corrected chi connectivity index (χ1v) is 7.87. The van der Waals surface area contributed by atoms with Crippen molar-refractivity contribution in [2.75, 3.05) is 14.2 Å². The van der Waals surface area contributed by atoms with E-state index >= 15 is 0 Å². The molecule has 0 unspecified atom stereocenters. The molecule has 0 radical (unpaired) electrons. The van der Waals surface area contributed by atoms with Crippen LogP contribution in [0.4, 0.5) is 0 Å². The molecular formula is C18H27NO5. The van der Waals surface area contributed by atoms with Gasteiger partial charge in [0.15, 0.2) is 0 Å². The Bertz CT molecular complexity index is 583. The van der Waals surface area contributed by atoms with Gasteiger partial charge in [-0.2, -0.15) is 0 Å². The summed E-state index contributed by atoms with van der Waals surface area (Å²) in [5, 5.41) is 13.4. The minimum atomic E-state index is -1.02. The number of ether oxygens (including phenoxy) is 2. The normalized spacial score (nSPS) is 14.1. The summed E-state index contributed by atoms with van der Waals surface area (Å²) < 4.78 is 9.77. The van der Waals surface area contributed by atoms with E-state index < -0.39 is 29.4 Å². The third-order valence-electron chi connectivity index (χ3n) is 4.15. The quantitative estimate of drug-likeness (QED) is 0.743. The molecular weight excluding hydrogens is 310 g/mol. The number of benzene rings is 1. The summed E-state index contributed by atoms with van der Waals surface area (Å²) >= 11 is 0. The van der Waals surface area contributed by atoms with Gasteiger partial charge in [-0.25, -0.2) is 0 Å². The highest BCUT2D eigenvalue weighted by Gasteiger charge is 2.42. The summed E-state index contributed by atoms with van der Waals surface area (Å²) in [7, 11) is 2.63. The van der Waals surface area contributed by atoms with Gasteiger partial charge in [0.2, 0.25) is 0 Å². The predicted molar refractivity (Wildman–Crippen MR) is 90.4 cm³/mol. The van der Waals surface area contributed by atoms with Crippen molar-refractivity contribution >= 4 is 11.9 Å². The molecule has 0 aromatic heterocycles. The third-order valence-corrected chi connectivity index (χ3v) is 4.15. The number of methoxy groups -OCH3 is 2. The number of hydrogen-bond donors (Lipinski definition) is 2.